The van der Waals surface area contributed by atoms with Crippen molar-refractivity contribution in [2.75, 3.05) is 18.5 Å². The molecule has 1 N–H and O–H groups in total. The molecule has 0 aromatic carbocycles. The topological polar surface area (TPSA) is 56.7 Å². The maximum Gasteiger partial charge on any atom is 0.307 e. The van der Waals surface area contributed by atoms with E-state index in [0.29, 0.717) is 18.6 Å². The third-order valence-corrected chi connectivity index (χ3v) is 4.69. The minimum absolute atomic E-state index is 0.240. The zero-order valence-electron chi connectivity index (χ0n) is 14.0. The third kappa shape index (κ3) is 3.97. The number of carboxylic acid groups (broad SMARTS) is 1. The number of hydrogen-bond acceptors (Lipinski definition) is 4. The zero-order chi connectivity index (χ0) is 16.3. The summed E-state index contributed by atoms with van der Waals surface area (Å²) in [6.45, 7) is 7.84. The first-order valence-electron chi connectivity index (χ1n) is 8.03. The summed E-state index contributed by atoms with van der Waals surface area (Å²) >= 11 is 0. The van der Waals surface area contributed by atoms with Gasteiger partial charge in [0.1, 0.15) is 5.82 Å². The molecular weight excluding hydrogens is 278 g/mol. The van der Waals surface area contributed by atoms with Crippen molar-refractivity contribution in [1.29, 1.82) is 0 Å². The Labute approximate surface area is 132 Å². The molecule has 1 aliphatic heterocycles. The van der Waals surface area contributed by atoms with Gasteiger partial charge in [-0.3, -0.25) is 9.69 Å². The second kappa shape index (κ2) is 7.09. The van der Waals surface area contributed by atoms with Gasteiger partial charge in [-0.05, 0) is 45.2 Å². The van der Waals surface area contributed by atoms with Gasteiger partial charge in [-0.2, -0.15) is 0 Å². The predicted molar refractivity (Wildman–Crippen MR) is 88.0 cm³/mol. The van der Waals surface area contributed by atoms with Crippen molar-refractivity contribution < 1.29 is 9.90 Å². The molecule has 0 radical (unpaired) electrons. The van der Waals surface area contributed by atoms with Crippen LogP contribution in [-0.2, 0) is 11.3 Å². The summed E-state index contributed by atoms with van der Waals surface area (Å²) in [7, 11) is 2.04. The predicted octanol–water partition coefficient (Wildman–Crippen LogP) is 2.61. The molecule has 1 aliphatic rings. The second-order valence-corrected chi connectivity index (χ2v) is 6.62. The highest BCUT2D eigenvalue weighted by molar-refractivity contribution is 5.70. The van der Waals surface area contributed by atoms with Crippen LogP contribution in [0.1, 0.15) is 39.2 Å². The molecule has 2 unspecified atom stereocenters. The van der Waals surface area contributed by atoms with Crippen LogP contribution in [0.25, 0.3) is 0 Å². The number of nitrogens with zero attached hydrogens (tertiary/aromatic N) is 3. The maximum absolute atomic E-state index is 11.2. The van der Waals surface area contributed by atoms with Gasteiger partial charge in [-0.1, -0.05) is 6.07 Å². The van der Waals surface area contributed by atoms with Crippen molar-refractivity contribution in [2.45, 2.75) is 52.2 Å². The number of rotatable bonds is 5. The van der Waals surface area contributed by atoms with Gasteiger partial charge in [-0.25, -0.2) is 4.98 Å². The summed E-state index contributed by atoms with van der Waals surface area (Å²) in [5, 5.41) is 9.21. The van der Waals surface area contributed by atoms with Gasteiger partial charge >= 0.3 is 5.97 Å². The Hall–Kier alpha value is -1.62. The van der Waals surface area contributed by atoms with Crippen molar-refractivity contribution in [2.24, 2.45) is 5.92 Å². The molecule has 1 saturated heterocycles. The Kier molecular flexibility index (Phi) is 5.40. The van der Waals surface area contributed by atoms with Crippen LogP contribution in [0.3, 0.4) is 0 Å². The molecule has 1 aromatic rings. The molecule has 0 saturated carbocycles. The summed E-state index contributed by atoms with van der Waals surface area (Å²) in [6, 6.07) is 4.97. The van der Waals surface area contributed by atoms with Crippen LogP contribution >= 0.6 is 0 Å². The highest BCUT2D eigenvalue weighted by Gasteiger charge is 2.29. The molecule has 0 spiro atoms. The number of anilines is 1. The average Bonchev–Trinajstić information content (AvgIpc) is 2.49. The summed E-state index contributed by atoms with van der Waals surface area (Å²) in [5.74, 6) is 0.0493. The Bertz CT molecular complexity index is 501. The Morgan fingerprint density at radius 2 is 2.18 bits per heavy atom. The quantitative estimate of drug-likeness (QED) is 0.906. The van der Waals surface area contributed by atoms with Gasteiger partial charge in [0.25, 0.3) is 0 Å². The SMILES string of the molecule is CC1CCC(C(=O)O)CN1Cc1ccc(N(C)C(C)C)nc1. The van der Waals surface area contributed by atoms with Crippen molar-refractivity contribution >= 4 is 11.8 Å². The molecule has 2 rings (SSSR count). The monoisotopic (exact) mass is 305 g/mol. The molecule has 122 valence electrons. The van der Waals surface area contributed by atoms with Crippen LogP contribution in [0, 0.1) is 5.92 Å². The van der Waals surface area contributed by atoms with Crippen molar-refractivity contribution in [3.05, 3.63) is 23.9 Å². The lowest BCUT2D eigenvalue weighted by Gasteiger charge is -2.36. The lowest BCUT2D eigenvalue weighted by Crippen LogP contribution is -2.43. The van der Waals surface area contributed by atoms with E-state index in [1.54, 1.807) is 0 Å². The van der Waals surface area contributed by atoms with Gasteiger partial charge in [-0.15, -0.1) is 0 Å². The molecule has 2 heterocycles. The smallest absolute Gasteiger partial charge is 0.307 e. The molecule has 0 bridgehead atoms. The van der Waals surface area contributed by atoms with E-state index in [9.17, 15) is 9.90 Å². The lowest BCUT2D eigenvalue weighted by molar-refractivity contribution is -0.144. The van der Waals surface area contributed by atoms with E-state index < -0.39 is 5.97 Å². The van der Waals surface area contributed by atoms with Crippen LogP contribution < -0.4 is 4.90 Å². The third-order valence-electron chi connectivity index (χ3n) is 4.69. The standard InChI is InChI=1S/C17H27N3O2/c1-12(2)19(4)16-8-6-14(9-18-16)10-20-11-15(17(21)22)7-5-13(20)3/h6,8-9,12-13,15H,5,7,10-11H2,1-4H3,(H,21,22). The molecule has 22 heavy (non-hydrogen) atoms. The fourth-order valence-corrected chi connectivity index (χ4v) is 2.82. The fourth-order valence-electron chi connectivity index (χ4n) is 2.82. The molecule has 2 atom stereocenters. The maximum atomic E-state index is 11.2. The molecule has 1 aromatic heterocycles. The second-order valence-electron chi connectivity index (χ2n) is 6.62. The van der Waals surface area contributed by atoms with E-state index in [1.165, 1.54) is 0 Å². The van der Waals surface area contributed by atoms with Gasteiger partial charge in [0, 0.05) is 38.4 Å². The number of hydrogen-bond donors (Lipinski definition) is 1. The number of carbonyl (C=O) groups is 1. The zero-order valence-corrected chi connectivity index (χ0v) is 14.0. The Morgan fingerprint density at radius 3 is 2.73 bits per heavy atom. The highest BCUT2D eigenvalue weighted by atomic mass is 16.4. The first kappa shape index (κ1) is 16.7. The largest absolute Gasteiger partial charge is 0.481 e. The molecule has 5 nitrogen and oxygen atoms in total. The Morgan fingerprint density at radius 1 is 1.45 bits per heavy atom. The lowest BCUT2D eigenvalue weighted by atomic mass is 9.93. The van der Waals surface area contributed by atoms with E-state index in [4.69, 9.17) is 0 Å². The summed E-state index contributed by atoms with van der Waals surface area (Å²) in [6.07, 6.45) is 3.63. The number of aliphatic carboxylic acids is 1. The van der Waals surface area contributed by atoms with E-state index in [0.717, 1.165) is 30.8 Å². The average molecular weight is 305 g/mol. The molecule has 1 fully saturated rings. The Balaban J connectivity index is 2.01. The minimum Gasteiger partial charge on any atom is -0.481 e. The molecule has 5 heteroatoms. The van der Waals surface area contributed by atoms with E-state index >= 15 is 0 Å². The number of carboxylic acids is 1. The van der Waals surface area contributed by atoms with E-state index in [1.807, 2.05) is 19.3 Å². The fraction of sp³-hybridized carbons (Fsp3) is 0.647. The number of pyridine rings is 1. The summed E-state index contributed by atoms with van der Waals surface area (Å²) in [5.41, 5.74) is 1.14. The van der Waals surface area contributed by atoms with Gasteiger partial charge in [0.15, 0.2) is 0 Å². The van der Waals surface area contributed by atoms with Crippen LogP contribution in [0.2, 0.25) is 0 Å². The molecule has 0 amide bonds. The first-order chi connectivity index (χ1) is 10.4. The first-order valence-corrected chi connectivity index (χ1v) is 8.03. The molecular formula is C17H27N3O2. The van der Waals surface area contributed by atoms with Crippen LogP contribution in [-0.4, -0.2) is 46.6 Å². The van der Waals surface area contributed by atoms with E-state index in [-0.39, 0.29) is 5.92 Å². The minimum atomic E-state index is -0.677. The van der Waals surface area contributed by atoms with Crippen molar-refractivity contribution in [3.8, 4) is 0 Å². The van der Waals surface area contributed by atoms with Crippen LogP contribution in [0.5, 0.6) is 0 Å². The van der Waals surface area contributed by atoms with Gasteiger partial charge in [0.05, 0.1) is 5.92 Å². The normalized spacial score (nSPS) is 22.8. The van der Waals surface area contributed by atoms with Crippen molar-refractivity contribution in [3.63, 3.8) is 0 Å². The highest BCUT2D eigenvalue weighted by Crippen LogP contribution is 2.24. The summed E-state index contributed by atoms with van der Waals surface area (Å²) in [4.78, 5) is 20.1. The number of likely N-dealkylation sites (tertiary alicyclic amines) is 1. The molecule has 0 aliphatic carbocycles. The van der Waals surface area contributed by atoms with Gasteiger partial charge in [0.2, 0.25) is 0 Å². The number of aromatic nitrogens is 1. The number of piperidine rings is 1. The van der Waals surface area contributed by atoms with Crippen LogP contribution in [0.15, 0.2) is 18.3 Å². The van der Waals surface area contributed by atoms with Crippen LogP contribution in [0.4, 0.5) is 5.82 Å². The van der Waals surface area contributed by atoms with Gasteiger partial charge < -0.3 is 10.0 Å². The summed E-state index contributed by atoms with van der Waals surface area (Å²) < 4.78 is 0. The van der Waals surface area contributed by atoms with Crippen molar-refractivity contribution in [1.82, 2.24) is 9.88 Å². The van der Waals surface area contributed by atoms with E-state index in [2.05, 4.69) is 41.6 Å².